The number of methoxy groups -OCH3 is 2. The molecule has 0 aliphatic heterocycles. The van der Waals surface area contributed by atoms with Crippen LogP contribution in [0, 0.1) is 6.92 Å². The molecule has 1 unspecified atom stereocenters. The summed E-state index contributed by atoms with van der Waals surface area (Å²) >= 11 is 3.25. The molecule has 0 aliphatic carbocycles. The van der Waals surface area contributed by atoms with Gasteiger partial charge >= 0.3 is 0 Å². The van der Waals surface area contributed by atoms with Crippen LogP contribution in [0.5, 0.6) is 11.5 Å². The molecule has 1 N–H and O–H groups in total. The molecule has 4 nitrogen and oxygen atoms in total. The van der Waals surface area contributed by atoms with Crippen LogP contribution in [0.2, 0.25) is 0 Å². The topological polar surface area (TPSA) is 47.6 Å². The summed E-state index contributed by atoms with van der Waals surface area (Å²) in [6.45, 7) is 4.63. The lowest BCUT2D eigenvalue weighted by Gasteiger charge is -2.14. The molecule has 0 fully saturated rings. The van der Waals surface area contributed by atoms with Crippen molar-refractivity contribution in [2.45, 2.75) is 28.9 Å². The van der Waals surface area contributed by atoms with Crippen LogP contribution in [-0.4, -0.2) is 37.7 Å². The predicted octanol–water partition coefficient (Wildman–Crippen LogP) is 4.40. The second kappa shape index (κ2) is 10.4. The number of hydrogen-bond donors (Lipinski definition) is 1. The van der Waals surface area contributed by atoms with Gasteiger partial charge in [0.05, 0.1) is 19.5 Å². The van der Waals surface area contributed by atoms with Crippen LogP contribution < -0.4 is 14.8 Å². The molecule has 0 heterocycles. The third-order valence-electron chi connectivity index (χ3n) is 3.73. The third-order valence-corrected chi connectivity index (χ3v) is 5.84. The Morgan fingerprint density at radius 1 is 1.04 bits per heavy atom. The van der Waals surface area contributed by atoms with Crippen LogP contribution >= 0.6 is 23.5 Å². The first-order chi connectivity index (χ1) is 12.5. The van der Waals surface area contributed by atoms with Gasteiger partial charge in [-0.1, -0.05) is 17.7 Å². The van der Waals surface area contributed by atoms with Gasteiger partial charge in [-0.2, -0.15) is 0 Å². The Bertz CT molecular complexity index is 719. The fourth-order valence-corrected chi connectivity index (χ4v) is 3.96. The summed E-state index contributed by atoms with van der Waals surface area (Å²) in [6.07, 6.45) is 0. The zero-order chi connectivity index (χ0) is 18.9. The number of nitrogens with one attached hydrogen (secondary N) is 1. The minimum Gasteiger partial charge on any atom is -0.493 e. The minimum absolute atomic E-state index is 0.0364. The van der Waals surface area contributed by atoms with Gasteiger partial charge in [0.25, 0.3) is 0 Å². The zero-order valence-corrected chi connectivity index (χ0v) is 17.2. The van der Waals surface area contributed by atoms with E-state index in [-0.39, 0.29) is 11.2 Å². The second-order valence-corrected chi connectivity index (χ2v) is 8.31. The summed E-state index contributed by atoms with van der Waals surface area (Å²) in [6, 6.07) is 14.1. The van der Waals surface area contributed by atoms with Crippen LogP contribution in [0.1, 0.15) is 12.5 Å². The number of ether oxygens (including phenoxy) is 2. The Morgan fingerprint density at radius 3 is 2.35 bits per heavy atom. The van der Waals surface area contributed by atoms with Crippen molar-refractivity contribution in [2.24, 2.45) is 0 Å². The lowest BCUT2D eigenvalue weighted by molar-refractivity contribution is -0.120. The molecule has 0 aromatic heterocycles. The molecule has 0 bridgehead atoms. The Morgan fingerprint density at radius 2 is 1.69 bits per heavy atom. The molecule has 1 atom stereocenters. The first-order valence-electron chi connectivity index (χ1n) is 8.39. The number of aryl methyl sites for hydroxylation is 1. The standard InChI is InChI=1S/C20H25NO3S2/c1-14-5-7-16(8-6-14)25-12-11-21-20(22)15(2)26-17-9-10-18(23-3)19(13-17)24-4/h5-10,13,15H,11-12H2,1-4H3,(H,21,22). The van der Waals surface area contributed by atoms with Gasteiger partial charge in [0.15, 0.2) is 11.5 Å². The van der Waals surface area contributed by atoms with Gasteiger partial charge in [-0.25, -0.2) is 0 Å². The summed E-state index contributed by atoms with van der Waals surface area (Å²) < 4.78 is 10.5. The Labute approximate surface area is 164 Å². The van der Waals surface area contributed by atoms with E-state index in [1.54, 1.807) is 26.0 Å². The molecule has 6 heteroatoms. The fraction of sp³-hybridized carbons (Fsp3) is 0.350. The van der Waals surface area contributed by atoms with Crippen molar-refractivity contribution < 1.29 is 14.3 Å². The number of hydrogen-bond acceptors (Lipinski definition) is 5. The monoisotopic (exact) mass is 391 g/mol. The molecule has 2 aromatic carbocycles. The van der Waals surface area contributed by atoms with Crippen LogP contribution in [0.3, 0.4) is 0 Å². The first-order valence-corrected chi connectivity index (χ1v) is 10.3. The Kier molecular flexibility index (Phi) is 8.19. The van der Waals surface area contributed by atoms with Gasteiger partial charge in [0, 0.05) is 22.1 Å². The number of carbonyl (C=O) groups excluding carboxylic acids is 1. The maximum absolute atomic E-state index is 12.3. The van der Waals surface area contributed by atoms with E-state index >= 15 is 0 Å². The van der Waals surface area contributed by atoms with E-state index in [9.17, 15) is 4.79 Å². The third kappa shape index (κ3) is 6.18. The highest BCUT2D eigenvalue weighted by Crippen LogP contribution is 2.33. The zero-order valence-electron chi connectivity index (χ0n) is 15.6. The Hall–Kier alpha value is -1.79. The summed E-state index contributed by atoms with van der Waals surface area (Å²) in [5, 5.41) is 2.82. The molecule has 0 aliphatic rings. The molecule has 0 radical (unpaired) electrons. The quantitative estimate of drug-likeness (QED) is 0.507. The molecule has 2 rings (SSSR count). The molecular weight excluding hydrogens is 366 g/mol. The molecule has 26 heavy (non-hydrogen) atoms. The molecule has 1 amide bonds. The maximum atomic E-state index is 12.3. The van der Waals surface area contributed by atoms with Crippen molar-refractivity contribution in [3.63, 3.8) is 0 Å². The fourth-order valence-electron chi connectivity index (χ4n) is 2.27. The van der Waals surface area contributed by atoms with Crippen LogP contribution in [0.15, 0.2) is 52.3 Å². The molecule has 0 saturated carbocycles. The maximum Gasteiger partial charge on any atom is 0.233 e. The number of amides is 1. The normalized spacial score (nSPS) is 11.7. The van der Waals surface area contributed by atoms with Crippen molar-refractivity contribution >= 4 is 29.4 Å². The van der Waals surface area contributed by atoms with E-state index < -0.39 is 0 Å². The van der Waals surface area contributed by atoms with Gasteiger partial charge in [0.1, 0.15) is 0 Å². The highest BCUT2D eigenvalue weighted by atomic mass is 32.2. The van der Waals surface area contributed by atoms with Crippen molar-refractivity contribution in [1.82, 2.24) is 5.32 Å². The van der Waals surface area contributed by atoms with E-state index in [1.165, 1.54) is 22.2 Å². The molecule has 0 saturated heterocycles. The molecule has 140 valence electrons. The minimum atomic E-state index is -0.183. The molecule has 2 aromatic rings. The number of carbonyl (C=O) groups is 1. The molecule has 0 spiro atoms. The summed E-state index contributed by atoms with van der Waals surface area (Å²) in [7, 11) is 3.21. The van der Waals surface area contributed by atoms with Crippen LogP contribution in [0.4, 0.5) is 0 Å². The number of benzene rings is 2. The lowest BCUT2D eigenvalue weighted by Crippen LogP contribution is -2.32. The van der Waals surface area contributed by atoms with Crippen molar-refractivity contribution in [3.8, 4) is 11.5 Å². The van der Waals surface area contributed by atoms with Gasteiger partial charge in [0.2, 0.25) is 5.91 Å². The smallest absolute Gasteiger partial charge is 0.233 e. The van der Waals surface area contributed by atoms with E-state index in [2.05, 4.69) is 36.5 Å². The van der Waals surface area contributed by atoms with E-state index in [0.717, 1.165) is 10.6 Å². The predicted molar refractivity (Wildman–Crippen MR) is 110 cm³/mol. The van der Waals surface area contributed by atoms with Gasteiger partial charge < -0.3 is 14.8 Å². The van der Waals surface area contributed by atoms with E-state index in [4.69, 9.17) is 9.47 Å². The average Bonchev–Trinajstić information content (AvgIpc) is 2.66. The first kappa shape index (κ1) is 20.5. The summed E-state index contributed by atoms with van der Waals surface area (Å²) in [5.41, 5.74) is 1.25. The summed E-state index contributed by atoms with van der Waals surface area (Å²) in [4.78, 5) is 14.5. The van der Waals surface area contributed by atoms with Gasteiger partial charge in [-0.05, 0) is 44.2 Å². The van der Waals surface area contributed by atoms with E-state index in [0.29, 0.717) is 18.0 Å². The van der Waals surface area contributed by atoms with Crippen LogP contribution in [-0.2, 0) is 4.79 Å². The highest BCUT2D eigenvalue weighted by Gasteiger charge is 2.15. The lowest BCUT2D eigenvalue weighted by atomic mass is 10.2. The van der Waals surface area contributed by atoms with Crippen LogP contribution in [0.25, 0.3) is 0 Å². The molecular formula is C20H25NO3S2. The van der Waals surface area contributed by atoms with Crippen molar-refractivity contribution in [1.29, 1.82) is 0 Å². The SMILES string of the molecule is COc1ccc(SC(C)C(=O)NCCSc2ccc(C)cc2)cc1OC. The van der Waals surface area contributed by atoms with Gasteiger partial charge in [-0.3, -0.25) is 4.79 Å². The second-order valence-electron chi connectivity index (χ2n) is 5.73. The summed E-state index contributed by atoms with van der Waals surface area (Å²) in [5.74, 6) is 2.23. The Balaban J connectivity index is 1.77. The van der Waals surface area contributed by atoms with Crippen molar-refractivity contribution in [2.75, 3.05) is 26.5 Å². The number of thioether (sulfide) groups is 2. The highest BCUT2D eigenvalue weighted by molar-refractivity contribution is 8.00. The number of rotatable bonds is 9. The van der Waals surface area contributed by atoms with Crippen molar-refractivity contribution in [3.05, 3.63) is 48.0 Å². The largest absolute Gasteiger partial charge is 0.493 e. The average molecular weight is 392 g/mol. The van der Waals surface area contributed by atoms with E-state index in [1.807, 2.05) is 25.1 Å². The van der Waals surface area contributed by atoms with Gasteiger partial charge in [-0.15, -0.1) is 23.5 Å².